The third-order valence-electron chi connectivity index (χ3n) is 4.30. The van der Waals surface area contributed by atoms with E-state index in [2.05, 4.69) is 49.2 Å². The smallest absolute Gasteiger partial charge is 0.270 e. The fourth-order valence-corrected chi connectivity index (χ4v) is 2.86. The third-order valence-corrected chi connectivity index (χ3v) is 4.30. The van der Waals surface area contributed by atoms with E-state index in [1.807, 2.05) is 38.1 Å². The Bertz CT molecular complexity index is 1050. The Kier molecular flexibility index (Phi) is 7.66. The fraction of sp³-hybridized carbons (Fsp3) is 0.208. The van der Waals surface area contributed by atoms with Gasteiger partial charge in [-0.3, -0.25) is 15.5 Å². The van der Waals surface area contributed by atoms with Crippen molar-refractivity contribution in [3.05, 3.63) is 94.0 Å². The molecule has 0 bridgehead atoms. The van der Waals surface area contributed by atoms with Crippen molar-refractivity contribution in [3.63, 3.8) is 0 Å². The van der Waals surface area contributed by atoms with Gasteiger partial charge < -0.3 is 0 Å². The van der Waals surface area contributed by atoms with E-state index in [9.17, 15) is 10.1 Å². The highest BCUT2D eigenvalue weighted by Gasteiger charge is 2.11. The van der Waals surface area contributed by atoms with Crippen LogP contribution in [0.25, 0.3) is 16.5 Å². The topological polar surface area (TPSA) is 67.5 Å². The normalized spacial score (nSPS) is 10.8. The van der Waals surface area contributed by atoms with Crippen LogP contribution >= 0.6 is 0 Å². The number of benzene rings is 3. The lowest BCUT2D eigenvalue weighted by Gasteiger charge is -2.11. The number of hydrogen-bond acceptors (Lipinski definition) is 4. The van der Waals surface area contributed by atoms with Crippen molar-refractivity contribution in [2.75, 3.05) is 0 Å². The van der Waals surface area contributed by atoms with Crippen molar-refractivity contribution < 1.29 is 4.92 Å². The molecule has 0 aromatic heterocycles. The number of hydrogen-bond donors (Lipinski definition) is 1. The van der Waals surface area contributed by atoms with Gasteiger partial charge >= 0.3 is 0 Å². The summed E-state index contributed by atoms with van der Waals surface area (Å²) in [7, 11) is 0. The minimum absolute atomic E-state index is 0.0308. The summed E-state index contributed by atoms with van der Waals surface area (Å²) in [6, 6.07) is 18.9. The second-order valence-corrected chi connectivity index (χ2v) is 6.78. The van der Waals surface area contributed by atoms with Crippen molar-refractivity contribution in [1.82, 2.24) is 5.43 Å². The van der Waals surface area contributed by atoms with E-state index < -0.39 is 4.92 Å². The Morgan fingerprint density at radius 3 is 2.41 bits per heavy atom. The standard InChI is InChI=1S/C21H19N3O2.C3H8/c1-14-11-12-18(24(25)26)13-21(14)16(3)23-22-15(2)19-10-6-8-17-7-4-5-9-20(17)19;1-3-2/h4-13,23H,3H2,1-2H3;3H2,1-2H3/b22-15-;. The number of rotatable bonds is 5. The summed E-state index contributed by atoms with van der Waals surface area (Å²) in [5.41, 5.74) is 6.90. The first-order chi connectivity index (χ1) is 13.9. The van der Waals surface area contributed by atoms with E-state index in [-0.39, 0.29) is 5.69 Å². The Morgan fingerprint density at radius 2 is 1.72 bits per heavy atom. The summed E-state index contributed by atoms with van der Waals surface area (Å²) in [6.45, 7) is 12.0. The summed E-state index contributed by atoms with van der Waals surface area (Å²) in [5.74, 6) is 0. The molecule has 29 heavy (non-hydrogen) atoms. The van der Waals surface area contributed by atoms with Gasteiger partial charge in [-0.2, -0.15) is 5.10 Å². The van der Waals surface area contributed by atoms with E-state index >= 15 is 0 Å². The predicted octanol–water partition coefficient (Wildman–Crippen LogP) is 6.46. The van der Waals surface area contributed by atoms with Gasteiger partial charge in [-0.15, -0.1) is 0 Å². The number of fused-ring (bicyclic) bond motifs is 1. The minimum Gasteiger partial charge on any atom is -0.278 e. The fourth-order valence-electron chi connectivity index (χ4n) is 2.86. The second-order valence-electron chi connectivity index (χ2n) is 6.78. The molecule has 5 heteroatoms. The Labute approximate surface area is 171 Å². The van der Waals surface area contributed by atoms with Crippen molar-refractivity contribution >= 4 is 27.9 Å². The van der Waals surface area contributed by atoms with E-state index in [4.69, 9.17) is 0 Å². The molecular formula is C24H27N3O2. The molecule has 0 heterocycles. The summed E-state index contributed by atoms with van der Waals surface area (Å²) in [6.07, 6.45) is 1.25. The molecule has 0 aliphatic carbocycles. The molecule has 3 rings (SSSR count). The summed E-state index contributed by atoms with van der Waals surface area (Å²) in [5, 5.41) is 17.7. The van der Waals surface area contributed by atoms with Crippen LogP contribution in [0.3, 0.4) is 0 Å². The number of nitro benzene ring substituents is 1. The first-order valence-electron chi connectivity index (χ1n) is 9.61. The van der Waals surface area contributed by atoms with Crippen molar-refractivity contribution in [2.24, 2.45) is 5.10 Å². The first kappa shape index (κ1) is 21.8. The number of nitro groups is 1. The van der Waals surface area contributed by atoms with Gasteiger partial charge in [0.2, 0.25) is 0 Å². The zero-order valence-corrected chi connectivity index (χ0v) is 17.4. The van der Waals surface area contributed by atoms with Gasteiger partial charge in [0.15, 0.2) is 0 Å². The molecule has 0 radical (unpaired) electrons. The quantitative estimate of drug-likeness (QED) is 0.309. The third kappa shape index (κ3) is 5.51. The van der Waals surface area contributed by atoms with E-state index in [1.54, 1.807) is 6.07 Å². The number of non-ortho nitro benzene ring substituents is 1. The van der Waals surface area contributed by atoms with Crippen LogP contribution in [-0.2, 0) is 0 Å². The molecular weight excluding hydrogens is 362 g/mol. The minimum atomic E-state index is -0.416. The van der Waals surface area contributed by atoms with Crippen LogP contribution in [0.15, 0.2) is 72.3 Å². The maximum atomic E-state index is 11.0. The molecule has 5 nitrogen and oxygen atoms in total. The molecule has 3 aromatic carbocycles. The lowest BCUT2D eigenvalue weighted by Crippen LogP contribution is -2.09. The van der Waals surface area contributed by atoms with Crippen LogP contribution in [0.5, 0.6) is 0 Å². The maximum Gasteiger partial charge on any atom is 0.270 e. The van der Waals surface area contributed by atoms with E-state index in [0.717, 1.165) is 27.6 Å². The van der Waals surface area contributed by atoms with Crippen molar-refractivity contribution in [3.8, 4) is 0 Å². The van der Waals surface area contributed by atoms with Crippen molar-refractivity contribution in [1.29, 1.82) is 0 Å². The molecule has 0 fully saturated rings. The number of nitrogens with one attached hydrogen (secondary N) is 1. The molecule has 0 aliphatic heterocycles. The number of aryl methyl sites for hydroxylation is 1. The van der Waals surface area contributed by atoms with Crippen LogP contribution < -0.4 is 5.43 Å². The van der Waals surface area contributed by atoms with Gasteiger partial charge in [-0.25, -0.2) is 0 Å². The Morgan fingerprint density at radius 1 is 1.07 bits per heavy atom. The van der Waals surface area contributed by atoms with E-state index in [1.165, 1.54) is 18.6 Å². The van der Waals surface area contributed by atoms with Gasteiger partial charge in [0, 0.05) is 23.3 Å². The molecule has 0 aliphatic rings. The van der Waals surface area contributed by atoms with Crippen LogP contribution in [0.2, 0.25) is 0 Å². The average Bonchev–Trinajstić information content (AvgIpc) is 2.72. The van der Waals surface area contributed by atoms with Crippen LogP contribution in [0.4, 0.5) is 5.69 Å². The molecule has 0 unspecified atom stereocenters. The largest absolute Gasteiger partial charge is 0.278 e. The van der Waals surface area contributed by atoms with E-state index in [0.29, 0.717) is 11.3 Å². The highest BCUT2D eigenvalue weighted by molar-refractivity contribution is 6.09. The average molecular weight is 389 g/mol. The van der Waals surface area contributed by atoms with Crippen LogP contribution in [-0.4, -0.2) is 10.6 Å². The molecule has 3 aromatic rings. The zero-order valence-electron chi connectivity index (χ0n) is 17.4. The zero-order chi connectivity index (χ0) is 21.4. The molecule has 0 spiro atoms. The highest BCUT2D eigenvalue weighted by Crippen LogP contribution is 2.22. The van der Waals surface area contributed by atoms with Crippen LogP contribution in [0.1, 0.15) is 43.9 Å². The SMILES string of the molecule is C=C(N/N=C(/C)c1cccc2ccccc12)c1cc([N+](=O)[O-])ccc1C.CCC. The highest BCUT2D eigenvalue weighted by atomic mass is 16.6. The Balaban J connectivity index is 0.000000941. The maximum absolute atomic E-state index is 11.0. The summed E-state index contributed by atoms with van der Waals surface area (Å²) >= 11 is 0. The second kappa shape index (κ2) is 10.2. The molecule has 150 valence electrons. The summed E-state index contributed by atoms with van der Waals surface area (Å²) < 4.78 is 0. The lowest BCUT2D eigenvalue weighted by atomic mass is 10.0. The van der Waals surface area contributed by atoms with Gasteiger partial charge in [0.25, 0.3) is 5.69 Å². The van der Waals surface area contributed by atoms with Gasteiger partial charge in [-0.05, 0) is 30.2 Å². The predicted molar refractivity (Wildman–Crippen MR) is 122 cm³/mol. The molecule has 0 atom stereocenters. The summed E-state index contributed by atoms with van der Waals surface area (Å²) in [4.78, 5) is 10.6. The number of nitrogens with zero attached hydrogens (tertiary/aromatic N) is 2. The molecule has 0 saturated heterocycles. The lowest BCUT2D eigenvalue weighted by molar-refractivity contribution is -0.384. The van der Waals surface area contributed by atoms with Crippen LogP contribution in [0, 0.1) is 17.0 Å². The molecule has 1 N–H and O–H groups in total. The van der Waals surface area contributed by atoms with Crippen molar-refractivity contribution in [2.45, 2.75) is 34.1 Å². The number of hydrazone groups is 1. The Hall–Kier alpha value is -3.47. The van der Waals surface area contributed by atoms with Gasteiger partial charge in [0.05, 0.1) is 16.3 Å². The van der Waals surface area contributed by atoms with Gasteiger partial charge in [0.1, 0.15) is 0 Å². The monoisotopic (exact) mass is 389 g/mol. The van der Waals surface area contributed by atoms with Gasteiger partial charge in [-0.1, -0.05) is 75.4 Å². The first-order valence-corrected chi connectivity index (χ1v) is 9.61. The molecule has 0 saturated carbocycles. The molecule has 0 amide bonds.